The Bertz CT molecular complexity index is 537. The number of ether oxygens (including phenoxy) is 1. The fourth-order valence-electron chi connectivity index (χ4n) is 2.96. The molecule has 2 rings (SSSR count). The Morgan fingerprint density at radius 1 is 1.21 bits per heavy atom. The molecule has 3 nitrogen and oxygen atoms in total. The number of alkyl halides is 3. The molecule has 1 N–H and O–H groups in total. The van der Waals surface area contributed by atoms with Crippen molar-refractivity contribution in [1.82, 2.24) is 0 Å². The number of carbonyl (C=O) groups is 1. The monoisotopic (exact) mass is 343 g/mol. The molecule has 1 saturated carbocycles. The van der Waals surface area contributed by atoms with Gasteiger partial charge in [-0.25, -0.2) is 4.79 Å². The van der Waals surface area contributed by atoms with Crippen LogP contribution in [-0.4, -0.2) is 24.8 Å². The molecule has 0 bridgehead atoms. The quantitative estimate of drug-likeness (QED) is 0.571. The van der Waals surface area contributed by atoms with Gasteiger partial charge in [-0.3, -0.25) is 0 Å². The molecule has 1 aliphatic rings. The number of para-hydroxylation sites is 1. The first-order chi connectivity index (χ1) is 11.4. The van der Waals surface area contributed by atoms with Crippen molar-refractivity contribution in [2.24, 2.45) is 5.92 Å². The number of unbranched alkanes of at least 4 members (excludes halogenated alkanes) is 1. The zero-order valence-electron chi connectivity index (χ0n) is 13.9. The van der Waals surface area contributed by atoms with Crippen LogP contribution in [0.25, 0.3) is 0 Å². The number of hydrogen-bond donors (Lipinski definition) is 1. The molecule has 1 aromatic rings. The third-order valence-corrected chi connectivity index (χ3v) is 4.43. The molecule has 0 aliphatic heterocycles. The van der Waals surface area contributed by atoms with Crippen molar-refractivity contribution in [3.05, 3.63) is 29.8 Å². The van der Waals surface area contributed by atoms with Gasteiger partial charge < -0.3 is 10.1 Å². The molecule has 0 saturated heterocycles. The number of benzene rings is 1. The number of anilines is 1. The number of halogens is 3. The van der Waals surface area contributed by atoms with E-state index in [4.69, 9.17) is 4.74 Å². The first kappa shape index (κ1) is 18.6. The third kappa shape index (κ3) is 5.14. The summed E-state index contributed by atoms with van der Waals surface area (Å²) in [5, 5.41) is 3.22. The first-order valence-corrected chi connectivity index (χ1v) is 8.51. The molecule has 6 heteroatoms. The highest BCUT2D eigenvalue weighted by molar-refractivity contribution is 5.95. The predicted molar refractivity (Wildman–Crippen MR) is 87.1 cm³/mol. The van der Waals surface area contributed by atoms with E-state index < -0.39 is 18.1 Å². The maximum atomic E-state index is 12.7. The molecule has 24 heavy (non-hydrogen) atoms. The van der Waals surface area contributed by atoms with Gasteiger partial charge in [0.05, 0.1) is 18.1 Å². The summed E-state index contributed by atoms with van der Waals surface area (Å²) in [6.07, 6.45) is -1.20. The average Bonchev–Trinajstić information content (AvgIpc) is 2.55. The summed E-state index contributed by atoms with van der Waals surface area (Å²) in [7, 11) is 0. The highest BCUT2D eigenvalue weighted by Crippen LogP contribution is 2.38. The second-order valence-electron chi connectivity index (χ2n) is 6.27. The summed E-state index contributed by atoms with van der Waals surface area (Å²) in [5.41, 5.74) is 1.07. The van der Waals surface area contributed by atoms with E-state index in [1.807, 2.05) is 6.92 Å². The van der Waals surface area contributed by atoms with E-state index in [1.54, 1.807) is 24.3 Å². The lowest BCUT2D eigenvalue weighted by Gasteiger charge is -2.31. The second kappa shape index (κ2) is 8.40. The van der Waals surface area contributed by atoms with E-state index in [0.717, 1.165) is 12.8 Å². The molecule has 1 fully saturated rings. The minimum atomic E-state index is -4.11. The maximum absolute atomic E-state index is 12.7. The van der Waals surface area contributed by atoms with Gasteiger partial charge >= 0.3 is 12.1 Å². The third-order valence-electron chi connectivity index (χ3n) is 4.43. The van der Waals surface area contributed by atoms with Crippen LogP contribution in [-0.2, 0) is 4.74 Å². The summed E-state index contributed by atoms with van der Waals surface area (Å²) < 4.78 is 43.4. The van der Waals surface area contributed by atoms with Crippen molar-refractivity contribution >= 4 is 11.7 Å². The van der Waals surface area contributed by atoms with E-state index >= 15 is 0 Å². The lowest BCUT2D eigenvalue weighted by Crippen LogP contribution is -2.33. The van der Waals surface area contributed by atoms with Gasteiger partial charge in [0.1, 0.15) is 0 Å². The second-order valence-corrected chi connectivity index (χ2v) is 6.27. The van der Waals surface area contributed by atoms with Gasteiger partial charge in [-0.15, -0.1) is 0 Å². The van der Waals surface area contributed by atoms with Crippen LogP contribution in [0, 0.1) is 5.92 Å². The molecular formula is C18H24F3NO2. The Kier molecular flexibility index (Phi) is 6.52. The topological polar surface area (TPSA) is 38.3 Å². The average molecular weight is 343 g/mol. The summed E-state index contributed by atoms with van der Waals surface area (Å²) >= 11 is 0. The van der Waals surface area contributed by atoms with Crippen LogP contribution in [0.15, 0.2) is 24.3 Å². The molecule has 0 heterocycles. The summed E-state index contributed by atoms with van der Waals surface area (Å²) in [6.45, 7) is 2.39. The Labute approximate surface area is 140 Å². The Morgan fingerprint density at radius 3 is 2.50 bits per heavy atom. The smallest absolute Gasteiger partial charge is 0.391 e. The minimum absolute atomic E-state index is 0.0480. The molecule has 0 atom stereocenters. The van der Waals surface area contributed by atoms with Crippen molar-refractivity contribution in [2.45, 2.75) is 57.7 Å². The SMILES string of the molecule is CCCCOC(=O)c1ccccc1NC1CCC(C(F)(F)F)CC1. The standard InChI is InChI=1S/C18H24F3NO2/c1-2-3-12-24-17(23)15-6-4-5-7-16(15)22-14-10-8-13(9-11-14)18(19,20)21/h4-7,13-14,22H,2-3,8-12H2,1H3. The van der Waals surface area contributed by atoms with Gasteiger partial charge in [0.25, 0.3) is 0 Å². The Morgan fingerprint density at radius 2 is 1.88 bits per heavy atom. The van der Waals surface area contributed by atoms with E-state index in [0.29, 0.717) is 30.7 Å². The van der Waals surface area contributed by atoms with Gasteiger partial charge in [0.15, 0.2) is 0 Å². The maximum Gasteiger partial charge on any atom is 0.391 e. The molecule has 1 aromatic carbocycles. The van der Waals surface area contributed by atoms with Crippen LogP contribution >= 0.6 is 0 Å². The van der Waals surface area contributed by atoms with Gasteiger partial charge in [0, 0.05) is 11.7 Å². The van der Waals surface area contributed by atoms with Crippen LogP contribution in [0.2, 0.25) is 0 Å². The number of nitrogens with one attached hydrogen (secondary N) is 1. The number of esters is 1. The Hall–Kier alpha value is -1.72. The van der Waals surface area contributed by atoms with Crippen LogP contribution in [0.5, 0.6) is 0 Å². The fraction of sp³-hybridized carbons (Fsp3) is 0.611. The summed E-state index contributed by atoms with van der Waals surface area (Å²) in [4.78, 5) is 12.2. The van der Waals surface area contributed by atoms with E-state index in [2.05, 4.69) is 5.32 Å². The number of hydrogen-bond acceptors (Lipinski definition) is 3. The van der Waals surface area contributed by atoms with Crippen LogP contribution in [0.4, 0.5) is 18.9 Å². The van der Waals surface area contributed by atoms with Gasteiger partial charge in [-0.2, -0.15) is 13.2 Å². The Balaban J connectivity index is 1.95. The number of rotatable bonds is 6. The lowest BCUT2D eigenvalue weighted by atomic mass is 9.85. The van der Waals surface area contributed by atoms with Crippen molar-refractivity contribution in [3.63, 3.8) is 0 Å². The zero-order valence-corrected chi connectivity index (χ0v) is 13.9. The first-order valence-electron chi connectivity index (χ1n) is 8.51. The van der Waals surface area contributed by atoms with E-state index in [1.165, 1.54) is 0 Å². The molecule has 1 aliphatic carbocycles. The van der Waals surface area contributed by atoms with Gasteiger partial charge in [0.2, 0.25) is 0 Å². The predicted octanol–water partition coefficient (Wildman–Crippen LogP) is 5.18. The van der Waals surface area contributed by atoms with Crippen LogP contribution in [0.1, 0.15) is 55.8 Å². The molecule has 0 amide bonds. The highest BCUT2D eigenvalue weighted by atomic mass is 19.4. The normalized spacial score (nSPS) is 21.3. The molecule has 0 spiro atoms. The largest absolute Gasteiger partial charge is 0.462 e. The molecule has 0 radical (unpaired) electrons. The van der Waals surface area contributed by atoms with Crippen LogP contribution < -0.4 is 5.32 Å². The molecule has 0 unspecified atom stereocenters. The fourth-order valence-corrected chi connectivity index (χ4v) is 2.96. The molecular weight excluding hydrogens is 319 g/mol. The molecule has 134 valence electrons. The van der Waals surface area contributed by atoms with Crippen LogP contribution in [0.3, 0.4) is 0 Å². The van der Waals surface area contributed by atoms with E-state index in [-0.39, 0.29) is 18.9 Å². The summed E-state index contributed by atoms with van der Waals surface area (Å²) in [6, 6.07) is 6.95. The summed E-state index contributed by atoms with van der Waals surface area (Å²) in [5.74, 6) is -1.60. The zero-order chi connectivity index (χ0) is 17.6. The van der Waals surface area contributed by atoms with Crippen molar-refractivity contribution in [1.29, 1.82) is 0 Å². The van der Waals surface area contributed by atoms with Crippen molar-refractivity contribution in [2.75, 3.05) is 11.9 Å². The van der Waals surface area contributed by atoms with E-state index in [9.17, 15) is 18.0 Å². The lowest BCUT2D eigenvalue weighted by molar-refractivity contribution is -0.182. The number of carbonyl (C=O) groups excluding carboxylic acids is 1. The van der Waals surface area contributed by atoms with Gasteiger partial charge in [-0.1, -0.05) is 25.5 Å². The molecule has 0 aromatic heterocycles. The highest BCUT2D eigenvalue weighted by Gasteiger charge is 2.41. The van der Waals surface area contributed by atoms with Crippen molar-refractivity contribution in [3.8, 4) is 0 Å². The van der Waals surface area contributed by atoms with Crippen molar-refractivity contribution < 1.29 is 22.7 Å². The van der Waals surface area contributed by atoms with Gasteiger partial charge in [-0.05, 0) is 44.2 Å². The minimum Gasteiger partial charge on any atom is -0.462 e.